The van der Waals surface area contributed by atoms with E-state index in [0.717, 1.165) is 17.6 Å². The van der Waals surface area contributed by atoms with Gasteiger partial charge in [0.05, 0.1) is 17.6 Å². The monoisotopic (exact) mass is 199 g/mol. The first kappa shape index (κ1) is 8.58. The van der Waals surface area contributed by atoms with E-state index in [1.807, 2.05) is 0 Å². The number of aromatic nitrogens is 2. The third-order valence-corrected chi connectivity index (χ3v) is 2.83. The Balaban J connectivity index is 2.54. The fraction of sp³-hybridized carbons (Fsp3) is 0.429. The second kappa shape index (κ2) is 2.74. The fourth-order valence-electron chi connectivity index (χ4n) is 1.20. The summed E-state index contributed by atoms with van der Waals surface area (Å²) in [5.41, 5.74) is 1.58. The predicted octanol–water partition coefficient (Wildman–Crippen LogP) is -0.517. The molecule has 5 nitrogen and oxygen atoms in total. The van der Waals surface area contributed by atoms with Gasteiger partial charge in [0.15, 0.2) is 14.9 Å². The molecule has 0 unspecified atom stereocenters. The van der Waals surface area contributed by atoms with Gasteiger partial charge in [-0.2, -0.15) is 0 Å². The summed E-state index contributed by atoms with van der Waals surface area (Å²) >= 11 is 0. The molecule has 0 aromatic carbocycles. The van der Waals surface area contributed by atoms with Crippen molar-refractivity contribution in [1.29, 1.82) is 0 Å². The molecule has 0 amide bonds. The SMILES string of the molecule is CS(=O)(=O)c1cnc2c(n1)CNC2. The van der Waals surface area contributed by atoms with Crippen LogP contribution >= 0.6 is 0 Å². The molecule has 1 aliphatic rings. The Kier molecular flexibility index (Phi) is 1.81. The van der Waals surface area contributed by atoms with E-state index in [1.54, 1.807) is 0 Å². The normalized spacial score (nSPS) is 15.8. The van der Waals surface area contributed by atoms with E-state index in [9.17, 15) is 8.42 Å². The summed E-state index contributed by atoms with van der Waals surface area (Å²) in [6.07, 6.45) is 2.44. The lowest BCUT2D eigenvalue weighted by Crippen LogP contribution is -2.04. The third-order valence-electron chi connectivity index (χ3n) is 1.87. The quantitative estimate of drug-likeness (QED) is 0.659. The van der Waals surface area contributed by atoms with Gasteiger partial charge in [0.1, 0.15) is 0 Å². The minimum absolute atomic E-state index is 0.0509. The number of hydrogen-bond acceptors (Lipinski definition) is 5. The molecular formula is C7H9N3O2S. The number of hydrogen-bond donors (Lipinski definition) is 1. The average molecular weight is 199 g/mol. The van der Waals surface area contributed by atoms with Crippen molar-refractivity contribution in [2.24, 2.45) is 0 Å². The zero-order valence-corrected chi connectivity index (χ0v) is 7.93. The Labute approximate surface area is 76.1 Å². The first-order valence-electron chi connectivity index (χ1n) is 3.83. The molecule has 0 fully saturated rings. The van der Waals surface area contributed by atoms with Gasteiger partial charge in [-0.3, -0.25) is 4.98 Å². The molecule has 1 aromatic heterocycles. The van der Waals surface area contributed by atoms with Gasteiger partial charge in [-0.05, 0) is 0 Å². The number of nitrogens with one attached hydrogen (secondary N) is 1. The number of fused-ring (bicyclic) bond motifs is 1. The molecule has 1 aliphatic heterocycles. The highest BCUT2D eigenvalue weighted by Gasteiger charge is 2.17. The van der Waals surface area contributed by atoms with Gasteiger partial charge < -0.3 is 5.32 Å². The van der Waals surface area contributed by atoms with Crippen LogP contribution in [-0.2, 0) is 22.9 Å². The van der Waals surface area contributed by atoms with Crippen LogP contribution in [0.5, 0.6) is 0 Å². The van der Waals surface area contributed by atoms with E-state index in [0.29, 0.717) is 13.1 Å². The molecule has 0 saturated carbocycles. The van der Waals surface area contributed by atoms with Crippen LogP contribution in [0.1, 0.15) is 11.4 Å². The largest absolute Gasteiger partial charge is 0.305 e. The summed E-state index contributed by atoms with van der Waals surface area (Å²) in [5.74, 6) is 0. The highest BCUT2D eigenvalue weighted by atomic mass is 32.2. The van der Waals surface area contributed by atoms with Crippen molar-refractivity contribution >= 4 is 9.84 Å². The Morgan fingerprint density at radius 3 is 2.77 bits per heavy atom. The highest BCUT2D eigenvalue weighted by molar-refractivity contribution is 7.90. The van der Waals surface area contributed by atoms with E-state index in [4.69, 9.17) is 0 Å². The van der Waals surface area contributed by atoms with Gasteiger partial charge in [-0.25, -0.2) is 13.4 Å². The van der Waals surface area contributed by atoms with Gasteiger partial charge in [-0.1, -0.05) is 0 Å². The number of nitrogens with zero attached hydrogens (tertiary/aromatic N) is 2. The maximum atomic E-state index is 11.1. The second-order valence-corrected chi connectivity index (χ2v) is 4.94. The fourth-order valence-corrected chi connectivity index (χ4v) is 1.72. The Morgan fingerprint density at radius 2 is 2.08 bits per heavy atom. The molecule has 1 N–H and O–H groups in total. The number of sulfone groups is 1. The molecule has 0 radical (unpaired) electrons. The molecule has 0 aliphatic carbocycles. The first-order chi connectivity index (χ1) is 6.07. The molecule has 0 spiro atoms. The Hall–Kier alpha value is -1.01. The molecule has 70 valence electrons. The smallest absolute Gasteiger partial charge is 0.194 e. The lowest BCUT2D eigenvalue weighted by molar-refractivity contribution is 0.596. The van der Waals surface area contributed by atoms with Crippen LogP contribution in [-0.4, -0.2) is 24.6 Å². The van der Waals surface area contributed by atoms with Gasteiger partial charge in [0, 0.05) is 19.3 Å². The van der Waals surface area contributed by atoms with Gasteiger partial charge >= 0.3 is 0 Å². The highest BCUT2D eigenvalue weighted by Crippen LogP contribution is 2.12. The maximum absolute atomic E-state index is 11.1. The van der Waals surface area contributed by atoms with Crippen LogP contribution < -0.4 is 5.32 Å². The molecule has 1 aromatic rings. The molecule has 2 heterocycles. The van der Waals surface area contributed by atoms with Gasteiger partial charge in [-0.15, -0.1) is 0 Å². The second-order valence-electron chi connectivity index (χ2n) is 2.98. The maximum Gasteiger partial charge on any atom is 0.194 e. The van der Waals surface area contributed by atoms with E-state index >= 15 is 0 Å². The van der Waals surface area contributed by atoms with Crippen molar-refractivity contribution in [3.05, 3.63) is 17.6 Å². The van der Waals surface area contributed by atoms with Crippen molar-refractivity contribution in [3.8, 4) is 0 Å². The van der Waals surface area contributed by atoms with Crippen molar-refractivity contribution in [2.75, 3.05) is 6.26 Å². The Bertz CT molecular complexity index is 441. The minimum Gasteiger partial charge on any atom is -0.305 e. The number of rotatable bonds is 1. The Morgan fingerprint density at radius 1 is 1.38 bits per heavy atom. The van der Waals surface area contributed by atoms with Crippen molar-refractivity contribution < 1.29 is 8.42 Å². The first-order valence-corrected chi connectivity index (χ1v) is 5.72. The van der Waals surface area contributed by atoms with E-state index in [1.165, 1.54) is 6.20 Å². The lowest BCUT2D eigenvalue weighted by atomic mass is 10.4. The van der Waals surface area contributed by atoms with Gasteiger partial charge in [0.2, 0.25) is 0 Å². The molecule has 0 saturated heterocycles. The summed E-state index contributed by atoms with van der Waals surface area (Å²) in [6, 6.07) is 0. The van der Waals surface area contributed by atoms with E-state index in [-0.39, 0.29) is 5.03 Å². The summed E-state index contributed by atoms with van der Waals surface area (Å²) < 4.78 is 22.2. The van der Waals surface area contributed by atoms with Crippen LogP contribution in [0.2, 0.25) is 0 Å². The van der Waals surface area contributed by atoms with Crippen LogP contribution in [0.15, 0.2) is 11.2 Å². The molecular weight excluding hydrogens is 190 g/mol. The van der Waals surface area contributed by atoms with Crippen molar-refractivity contribution in [1.82, 2.24) is 15.3 Å². The van der Waals surface area contributed by atoms with Gasteiger partial charge in [0.25, 0.3) is 0 Å². The van der Waals surface area contributed by atoms with Crippen molar-refractivity contribution in [3.63, 3.8) is 0 Å². The third kappa shape index (κ3) is 1.54. The van der Waals surface area contributed by atoms with E-state index in [2.05, 4.69) is 15.3 Å². The predicted molar refractivity (Wildman–Crippen MR) is 45.7 cm³/mol. The van der Waals surface area contributed by atoms with Crippen molar-refractivity contribution in [2.45, 2.75) is 18.1 Å². The zero-order chi connectivity index (χ0) is 9.47. The summed E-state index contributed by atoms with van der Waals surface area (Å²) in [6.45, 7) is 1.28. The summed E-state index contributed by atoms with van der Waals surface area (Å²) in [4.78, 5) is 8.03. The van der Waals surface area contributed by atoms with Crippen LogP contribution in [0, 0.1) is 0 Å². The average Bonchev–Trinajstić information content (AvgIpc) is 2.47. The molecule has 13 heavy (non-hydrogen) atoms. The van der Waals surface area contributed by atoms with Crippen LogP contribution in [0.25, 0.3) is 0 Å². The van der Waals surface area contributed by atoms with E-state index < -0.39 is 9.84 Å². The molecule has 6 heteroatoms. The zero-order valence-electron chi connectivity index (χ0n) is 7.11. The topological polar surface area (TPSA) is 72.0 Å². The molecule has 2 rings (SSSR count). The minimum atomic E-state index is -3.23. The van der Waals surface area contributed by atoms with Crippen LogP contribution in [0.4, 0.5) is 0 Å². The summed E-state index contributed by atoms with van der Waals surface area (Å²) in [7, 11) is -3.23. The lowest BCUT2D eigenvalue weighted by Gasteiger charge is -1.99. The molecule has 0 bridgehead atoms. The van der Waals surface area contributed by atoms with Crippen LogP contribution in [0.3, 0.4) is 0 Å². The summed E-state index contributed by atoms with van der Waals surface area (Å²) in [5, 5.41) is 3.10. The molecule has 0 atom stereocenters. The standard InChI is InChI=1S/C7H9N3O2S/c1-13(11,12)7-4-9-5-2-8-3-6(5)10-7/h4,8H,2-3H2,1H3.